The molecule has 0 aromatic carbocycles. The first-order valence-corrected chi connectivity index (χ1v) is 14.3. The van der Waals surface area contributed by atoms with Crippen LogP contribution in [0.5, 0.6) is 0 Å². The maximum absolute atomic E-state index is 3.60. The number of hydrogen-bond acceptors (Lipinski definition) is 0. The Morgan fingerprint density at radius 1 is 0.645 bits per heavy atom. The molecular formula is C29H57N2+. The third-order valence-corrected chi connectivity index (χ3v) is 7.23. The minimum atomic E-state index is 0.624. The van der Waals surface area contributed by atoms with E-state index in [0.717, 1.165) is 0 Å². The molecule has 0 fully saturated rings. The Labute approximate surface area is 196 Å². The molecule has 0 radical (unpaired) electrons. The Bertz CT molecular complexity index is 493. The first-order chi connectivity index (χ1) is 15.2. The second kappa shape index (κ2) is 19.9. The number of nitrogens with one attached hydrogen (secondary N) is 1. The molecule has 0 saturated heterocycles. The molecule has 0 spiro atoms. The lowest BCUT2D eigenvalue weighted by Gasteiger charge is -2.16. The van der Waals surface area contributed by atoms with Crippen LogP contribution in [-0.4, -0.2) is 4.98 Å². The number of nitrogens with zero attached hydrogens (tertiary/aromatic N) is 1. The Balaban J connectivity index is 2.20. The van der Waals surface area contributed by atoms with Gasteiger partial charge in [-0.15, -0.1) is 0 Å². The van der Waals surface area contributed by atoms with Crippen molar-refractivity contribution in [3.63, 3.8) is 0 Å². The number of unbranched alkanes of at least 4 members (excludes halogenated alkanes) is 15. The predicted octanol–water partition coefficient (Wildman–Crippen LogP) is 9.81. The first kappa shape index (κ1) is 28.2. The third kappa shape index (κ3) is 13.4. The first-order valence-electron chi connectivity index (χ1n) is 14.3. The van der Waals surface area contributed by atoms with Gasteiger partial charge in [-0.25, -0.2) is 9.55 Å². The molecule has 0 aliphatic heterocycles. The number of aromatic nitrogens is 2. The molecule has 182 valence electrons. The molecule has 1 aromatic heterocycles. The van der Waals surface area contributed by atoms with Crippen molar-refractivity contribution in [2.45, 2.75) is 168 Å². The SMILES string of the molecule is CCCCCCCCCCCCCC(C)[n+]1cc[nH]c1C(CC)CCCCCCCC. The molecule has 0 bridgehead atoms. The van der Waals surface area contributed by atoms with Gasteiger partial charge in [0.2, 0.25) is 0 Å². The van der Waals surface area contributed by atoms with Gasteiger partial charge in [0.1, 0.15) is 12.4 Å². The van der Waals surface area contributed by atoms with E-state index in [0.29, 0.717) is 12.0 Å². The lowest BCUT2D eigenvalue weighted by molar-refractivity contribution is -0.727. The van der Waals surface area contributed by atoms with Crippen molar-refractivity contribution >= 4 is 0 Å². The highest BCUT2D eigenvalue weighted by molar-refractivity contribution is 4.89. The van der Waals surface area contributed by atoms with Gasteiger partial charge in [-0.3, -0.25) is 0 Å². The lowest BCUT2D eigenvalue weighted by Crippen LogP contribution is -2.41. The average molecular weight is 434 g/mol. The monoisotopic (exact) mass is 433 g/mol. The van der Waals surface area contributed by atoms with E-state index in [1.165, 1.54) is 134 Å². The van der Waals surface area contributed by atoms with Crippen LogP contribution in [0.1, 0.15) is 174 Å². The highest BCUT2D eigenvalue weighted by Crippen LogP contribution is 2.24. The van der Waals surface area contributed by atoms with Crippen molar-refractivity contribution in [1.29, 1.82) is 0 Å². The molecule has 2 unspecified atom stereocenters. The van der Waals surface area contributed by atoms with E-state index >= 15 is 0 Å². The van der Waals surface area contributed by atoms with Gasteiger partial charge in [0.15, 0.2) is 0 Å². The summed E-state index contributed by atoms with van der Waals surface area (Å²) in [6.45, 7) is 9.39. The molecule has 2 nitrogen and oxygen atoms in total. The molecule has 0 aliphatic carbocycles. The Kier molecular flexibility index (Phi) is 18.1. The normalized spacial score (nSPS) is 13.5. The van der Waals surface area contributed by atoms with Crippen LogP contribution in [0, 0.1) is 0 Å². The summed E-state index contributed by atoms with van der Waals surface area (Å²) in [6, 6.07) is 0.624. The van der Waals surface area contributed by atoms with Crippen LogP contribution in [0.15, 0.2) is 12.4 Å². The van der Waals surface area contributed by atoms with E-state index in [1.807, 2.05) is 0 Å². The van der Waals surface area contributed by atoms with Crippen molar-refractivity contribution in [3.05, 3.63) is 18.2 Å². The Hall–Kier alpha value is -0.790. The predicted molar refractivity (Wildman–Crippen MR) is 138 cm³/mol. The minimum Gasteiger partial charge on any atom is -0.247 e. The van der Waals surface area contributed by atoms with Crippen LogP contribution in [0.25, 0.3) is 0 Å². The summed E-state index contributed by atoms with van der Waals surface area (Å²) in [5.74, 6) is 2.17. The summed E-state index contributed by atoms with van der Waals surface area (Å²) in [7, 11) is 0. The Morgan fingerprint density at radius 2 is 1.10 bits per heavy atom. The van der Waals surface area contributed by atoms with E-state index in [-0.39, 0.29) is 0 Å². The van der Waals surface area contributed by atoms with Crippen LogP contribution in [-0.2, 0) is 0 Å². The summed E-state index contributed by atoms with van der Waals surface area (Å²) in [5.41, 5.74) is 0. The zero-order valence-corrected chi connectivity index (χ0v) is 21.9. The number of aromatic amines is 1. The van der Waals surface area contributed by atoms with Gasteiger partial charge in [0, 0.05) is 0 Å². The van der Waals surface area contributed by atoms with Crippen molar-refractivity contribution in [2.24, 2.45) is 0 Å². The maximum atomic E-state index is 3.60. The molecule has 1 aromatic rings. The molecular weight excluding hydrogens is 376 g/mol. The van der Waals surface area contributed by atoms with Gasteiger partial charge >= 0.3 is 0 Å². The lowest BCUT2D eigenvalue weighted by atomic mass is 9.96. The molecule has 2 atom stereocenters. The second-order valence-electron chi connectivity index (χ2n) is 10.1. The third-order valence-electron chi connectivity index (χ3n) is 7.23. The van der Waals surface area contributed by atoms with Crippen LogP contribution in [0.4, 0.5) is 0 Å². The molecule has 0 aliphatic rings. The van der Waals surface area contributed by atoms with Crippen molar-refractivity contribution in [3.8, 4) is 0 Å². The second-order valence-corrected chi connectivity index (χ2v) is 10.1. The number of hydrogen-bond donors (Lipinski definition) is 1. The highest BCUT2D eigenvalue weighted by Gasteiger charge is 2.24. The average Bonchev–Trinajstić information content (AvgIpc) is 3.26. The fourth-order valence-electron chi connectivity index (χ4n) is 5.02. The van der Waals surface area contributed by atoms with E-state index < -0.39 is 0 Å². The molecule has 1 rings (SSSR count). The number of imidazole rings is 1. The van der Waals surface area contributed by atoms with E-state index in [9.17, 15) is 0 Å². The van der Waals surface area contributed by atoms with Gasteiger partial charge < -0.3 is 0 Å². The van der Waals surface area contributed by atoms with Crippen molar-refractivity contribution < 1.29 is 4.57 Å². The van der Waals surface area contributed by atoms with Gasteiger partial charge in [0.05, 0.1) is 12.0 Å². The highest BCUT2D eigenvalue weighted by atomic mass is 15.1. The summed E-state index contributed by atoms with van der Waals surface area (Å²) >= 11 is 0. The number of rotatable bonds is 22. The van der Waals surface area contributed by atoms with Crippen LogP contribution < -0.4 is 4.57 Å². The smallest absolute Gasteiger partial charge is 0.247 e. The maximum Gasteiger partial charge on any atom is 0.257 e. The summed E-state index contributed by atoms with van der Waals surface area (Å²) < 4.78 is 2.56. The van der Waals surface area contributed by atoms with Gasteiger partial charge in [-0.2, -0.15) is 0 Å². The quantitative estimate of drug-likeness (QED) is 0.139. The van der Waals surface area contributed by atoms with Crippen LogP contribution >= 0.6 is 0 Å². The molecule has 31 heavy (non-hydrogen) atoms. The van der Waals surface area contributed by atoms with Crippen molar-refractivity contribution in [1.82, 2.24) is 4.98 Å². The standard InChI is InChI=1S/C29H56N2/c1-5-8-10-12-14-15-16-17-18-19-21-23-27(4)31-26-25-30-29(31)28(7-3)24-22-20-13-11-9-6-2/h25-28H,5-24H2,1-4H3/p+1. The molecule has 0 saturated carbocycles. The molecule has 1 heterocycles. The van der Waals surface area contributed by atoms with Crippen molar-refractivity contribution in [2.75, 3.05) is 0 Å². The molecule has 2 heteroatoms. The van der Waals surface area contributed by atoms with E-state index in [1.54, 1.807) is 0 Å². The fourth-order valence-corrected chi connectivity index (χ4v) is 5.02. The zero-order valence-electron chi connectivity index (χ0n) is 21.9. The van der Waals surface area contributed by atoms with E-state index in [4.69, 9.17) is 0 Å². The summed E-state index contributed by atoms with van der Waals surface area (Å²) in [6.07, 6.45) is 32.5. The van der Waals surface area contributed by atoms with Gasteiger partial charge in [-0.05, 0) is 32.6 Å². The minimum absolute atomic E-state index is 0.624. The number of H-pyrrole nitrogens is 1. The van der Waals surface area contributed by atoms with Gasteiger partial charge in [0.25, 0.3) is 5.82 Å². The van der Waals surface area contributed by atoms with Crippen LogP contribution in [0.2, 0.25) is 0 Å². The fraction of sp³-hybridized carbons (Fsp3) is 0.897. The largest absolute Gasteiger partial charge is 0.257 e. The van der Waals surface area contributed by atoms with Crippen LogP contribution in [0.3, 0.4) is 0 Å². The van der Waals surface area contributed by atoms with Gasteiger partial charge in [-0.1, -0.05) is 124 Å². The van der Waals surface area contributed by atoms with E-state index in [2.05, 4.69) is 49.6 Å². The molecule has 1 N–H and O–H groups in total. The molecule has 0 amide bonds. The zero-order chi connectivity index (χ0) is 22.6. The summed E-state index contributed by atoms with van der Waals surface area (Å²) in [4.78, 5) is 3.60. The Morgan fingerprint density at radius 3 is 1.58 bits per heavy atom. The summed E-state index contributed by atoms with van der Waals surface area (Å²) in [5, 5.41) is 0. The topological polar surface area (TPSA) is 19.7 Å².